The summed E-state index contributed by atoms with van der Waals surface area (Å²) in [6.45, 7) is 3.90. The molecule has 4 nitrogen and oxygen atoms in total. The fraction of sp³-hybridized carbons (Fsp3) is 0.333. The van der Waals surface area contributed by atoms with Gasteiger partial charge in [0.2, 0.25) is 0 Å². The van der Waals surface area contributed by atoms with Crippen LogP contribution in [0.4, 0.5) is 0 Å². The molecule has 1 aromatic heterocycles. The van der Waals surface area contributed by atoms with E-state index >= 15 is 0 Å². The van der Waals surface area contributed by atoms with Crippen molar-refractivity contribution in [1.29, 1.82) is 0 Å². The number of carbonyl (C=O) groups is 1. The number of thiazole rings is 1. The molecule has 2 atom stereocenters. The van der Waals surface area contributed by atoms with Gasteiger partial charge in [-0.3, -0.25) is 10.1 Å². The van der Waals surface area contributed by atoms with Gasteiger partial charge in [0.25, 0.3) is 0 Å². The third-order valence-corrected chi connectivity index (χ3v) is 6.79. The van der Waals surface area contributed by atoms with E-state index in [-0.39, 0.29) is 10.1 Å². The highest BCUT2D eigenvalue weighted by atomic mass is 79.9. The lowest BCUT2D eigenvalue weighted by atomic mass is 10.0. The summed E-state index contributed by atoms with van der Waals surface area (Å²) < 4.78 is 0.681. The Morgan fingerprint density at radius 3 is 2.64 bits per heavy atom. The number of rotatable bonds is 3. The van der Waals surface area contributed by atoms with Crippen LogP contribution >= 0.6 is 39.0 Å². The molecule has 2 unspecified atom stereocenters. The molecule has 3 rings (SSSR count). The van der Waals surface area contributed by atoms with Crippen LogP contribution in [0.15, 0.2) is 34.9 Å². The Kier molecular flexibility index (Phi) is 4.33. The quantitative estimate of drug-likeness (QED) is 0.813. The summed E-state index contributed by atoms with van der Waals surface area (Å²) >= 11 is 6.65. The largest absolute Gasteiger partial charge is 0.480 e. The van der Waals surface area contributed by atoms with E-state index in [1.54, 1.807) is 23.1 Å². The fourth-order valence-corrected chi connectivity index (χ4v) is 5.10. The van der Waals surface area contributed by atoms with Crippen molar-refractivity contribution < 1.29 is 9.90 Å². The molecule has 0 radical (unpaired) electrons. The zero-order valence-corrected chi connectivity index (χ0v) is 15.3. The number of aromatic nitrogens is 1. The van der Waals surface area contributed by atoms with Crippen molar-refractivity contribution in [3.05, 3.63) is 39.9 Å². The molecule has 0 saturated carbocycles. The second-order valence-corrected chi connectivity index (χ2v) is 9.35. The molecule has 2 heterocycles. The van der Waals surface area contributed by atoms with E-state index in [9.17, 15) is 9.90 Å². The second-order valence-electron chi connectivity index (χ2n) is 5.61. The number of halogens is 1. The van der Waals surface area contributed by atoms with Gasteiger partial charge in [-0.1, -0.05) is 28.1 Å². The summed E-state index contributed by atoms with van der Waals surface area (Å²) in [5.41, 5.74) is 1.11. The Labute approximate surface area is 145 Å². The first-order valence-corrected chi connectivity index (χ1v) is 9.24. The van der Waals surface area contributed by atoms with Crippen LogP contribution in [0, 0.1) is 0 Å². The number of nitrogens with zero attached hydrogens (tertiary/aromatic N) is 1. The molecule has 1 aliphatic heterocycles. The Hall–Kier alpha value is -0.890. The summed E-state index contributed by atoms with van der Waals surface area (Å²) in [5.74, 6) is -0.815. The fourth-order valence-electron chi connectivity index (χ4n) is 2.40. The molecule has 2 N–H and O–H groups in total. The van der Waals surface area contributed by atoms with Gasteiger partial charge in [0.1, 0.15) is 16.4 Å². The van der Waals surface area contributed by atoms with Crippen LogP contribution in [-0.4, -0.2) is 26.8 Å². The van der Waals surface area contributed by atoms with Gasteiger partial charge in [0, 0.05) is 15.4 Å². The van der Waals surface area contributed by atoms with E-state index in [2.05, 4.69) is 26.2 Å². The van der Waals surface area contributed by atoms with Gasteiger partial charge in [-0.2, -0.15) is 0 Å². The highest BCUT2D eigenvalue weighted by molar-refractivity contribution is 9.10. The van der Waals surface area contributed by atoms with E-state index in [0.717, 1.165) is 19.9 Å². The highest BCUT2D eigenvalue weighted by Gasteiger charge is 2.46. The molecule has 0 aliphatic carbocycles. The topological polar surface area (TPSA) is 62.2 Å². The SMILES string of the molecule is CC1(C)SC(c2ncc(-c3ccc(Br)cc3)s2)NC1C(=O)O. The maximum Gasteiger partial charge on any atom is 0.322 e. The number of thioether (sulfide) groups is 1. The van der Waals surface area contributed by atoms with Crippen LogP contribution in [0.3, 0.4) is 0 Å². The molecule has 0 spiro atoms. The third-order valence-electron chi connectivity index (χ3n) is 3.56. The zero-order valence-electron chi connectivity index (χ0n) is 12.0. The molecule has 1 saturated heterocycles. The zero-order chi connectivity index (χ0) is 15.9. The van der Waals surface area contributed by atoms with Gasteiger partial charge in [-0.25, -0.2) is 4.98 Å². The minimum Gasteiger partial charge on any atom is -0.480 e. The molecular weight excluding hydrogens is 384 g/mol. The molecule has 0 amide bonds. The smallest absolute Gasteiger partial charge is 0.322 e. The van der Waals surface area contributed by atoms with Gasteiger partial charge < -0.3 is 5.11 Å². The van der Waals surface area contributed by atoms with Crippen molar-refractivity contribution in [3.63, 3.8) is 0 Å². The number of aliphatic carboxylic acids is 1. The molecule has 1 fully saturated rings. The van der Waals surface area contributed by atoms with E-state index in [0.29, 0.717) is 0 Å². The van der Waals surface area contributed by atoms with Crippen LogP contribution in [0.1, 0.15) is 24.2 Å². The van der Waals surface area contributed by atoms with Gasteiger partial charge in [0.15, 0.2) is 0 Å². The molecule has 7 heteroatoms. The average Bonchev–Trinajstić information content (AvgIpc) is 3.03. The number of hydrogen-bond acceptors (Lipinski definition) is 5. The standard InChI is InChI=1S/C15H15BrN2O2S2/c1-15(2)11(14(19)20)18-13(22-15)12-17-7-10(21-12)8-3-5-9(16)6-4-8/h3-7,11,13,18H,1-2H3,(H,19,20). The number of hydrogen-bond donors (Lipinski definition) is 2. The third kappa shape index (κ3) is 3.08. The maximum atomic E-state index is 11.4. The Balaban J connectivity index is 1.83. The Morgan fingerprint density at radius 2 is 2.05 bits per heavy atom. The van der Waals surface area contributed by atoms with Crippen molar-refractivity contribution in [2.24, 2.45) is 0 Å². The Bertz CT molecular complexity index is 700. The van der Waals surface area contributed by atoms with Crippen molar-refractivity contribution in [2.75, 3.05) is 0 Å². The number of nitrogens with one attached hydrogen (secondary N) is 1. The first-order chi connectivity index (χ1) is 10.4. The van der Waals surface area contributed by atoms with Crippen LogP contribution in [0.5, 0.6) is 0 Å². The van der Waals surface area contributed by atoms with E-state index in [1.807, 2.05) is 44.3 Å². The molecule has 0 bridgehead atoms. The Morgan fingerprint density at radius 1 is 1.36 bits per heavy atom. The second kappa shape index (κ2) is 5.96. The lowest BCUT2D eigenvalue weighted by Crippen LogP contribution is -2.43. The van der Waals surface area contributed by atoms with Crippen LogP contribution in [0.25, 0.3) is 10.4 Å². The monoisotopic (exact) mass is 398 g/mol. The molecule has 116 valence electrons. The summed E-state index contributed by atoms with van der Waals surface area (Å²) in [7, 11) is 0. The van der Waals surface area contributed by atoms with Crippen molar-refractivity contribution in [3.8, 4) is 10.4 Å². The van der Waals surface area contributed by atoms with Crippen molar-refractivity contribution in [1.82, 2.24) is 10.3 Å². The van der Waals surface area contributed by atoms with E-state index < -0.39 is 12.0 Å². The number of carboxylic acid groups (broad SMARTS) is 1. The van der Waals surface area contributed by atoms with Gasteiger partial charge in [-0.15, -0.1) is 23.1 Å². The minimum atomic E-state index is -0.815. The maximum absolute atomic E-state index is 11.4. The molecular formula is C15H15BrN2O2S2. The van der Waals surface area contributed by atoms with Crippen molar-refractivity contribution >= 4 is 45.0 Å². The normalized spacial score (nSPS) is 23.6. The van der Waals surface area contributed by atoms with Crippen LogP contribution in [-0.2, 0) is 4.79 Å². The van der Waals surface area contributed by atoms with Crippen LogP contribution in [0.2, 0.25) is 0 Å². The van der Waals surface area contributed by atoms with Gasteiger partial charge in [0.05, 0.1) is 4.88 Å². The first-order valence-electron chi connectivity index (χ1n) is 6.75. The predicted molar refractivity (Wildman–Crippen MR) is 94.2 cm³/mol. The number of benzene rings is 1. The van der Waals surface area contributed by atoms with E-state index in [1.165, 1.54) is 0 Å². The average molecular weight is 399 g/mol. The van der Waals surface area contributed by atoms with Crippen LogP contribution < -0.4 is 5.32 Å². The summed E-state index contributed by atoms with van der Waals surface area (Å²) in [5, 5.41) is 13.3. The lowest BCUT2D eigenvalue weighted by molar-refractivity contribution is -0.139. The van der Waals surface area contributed by atoms with Gasteiger partial charge in [-0.05, 0) is 31.5 Å². The van der Waals surface area contributed by atoms with Gasteiger partial charge >= 0.3 is 5.97 Å². The highest BCUT2D eigenvalue weighted by Crippen LogP contribution is 2.47. The predicted octanol–water partition coefficient (Wildman–Crippen LogP) is 4.14. The summed E-state index contributed by atoms with van der Waals surface area (Å²) in [6.07, 6.45) is 1.85. The van der Waals surface area contributed by atoms with E-state index in [4.69, 9.17) is 0 Å². The lowest BCUT2D eigenvalue weighted by Gasteiger charge is -2.20. The number of carboxylic acids is 1. The molecule has 1 aliphatic rings. The summed E-state index contributed by atoms with van der Waals surface area (Å²) in [6, 6.07) is 7.52. The first kappa shape index (κ1) is 16.0. The molecule has 22 heavy (non-hydrogen) atoms. The molecule has 2 aromatic rings. The van der Waals surface area contributed by atoms with Crippen molar-refractivity contribution in [2.45, 2.75) is 30.0 Å². The minimum absolute atomic E-state index is 0.0784. The molecule has 1 aromatic carbocycles. The summed E-state index contributed by atoms with van der Waals surface area (Å²) in [4.78, 5) is 16.9.